The summed E-state index contributed by atoms with van der Waals surface area (Å²) >= 11 is 0. The van der Waals surface area contributed by atoms with Gasteiger partial charge in [-0.3, -0.25) is 0 Å². The number of fused-ring (bicyclic) bond motifs is 1. The Morgan fingerprint density at radius 2 is 1.86 bits per heavy atom. The largest absolute Gasteiger partial charge is 0.489 e. The van der Waals surface area contributed by atoms with E-state index in [4.69, 9.17) is 19.9 Å². The topological polar surface area (TPSA) is 111 Å². The molecule has 1 aliphatic heterocycles. The number of likely N-dealkylation sites (tertiary alicyclic amines) is 1. The Bertz CT molecular complexity index is 1190. The predicted molar refractivity (Wildman–Crippen MR) is 127 cm³/mol. The summed E-state index contributed by atoms with van der Waals surface area (Å²) < 4.78 is 30.3. The third kappa shape index (κ3) is 6.19. The van der Waals surface area contributed by atoms with Crippen LogP contribution in [0.5, 0.6) is 5.75 Å². The van der Waals surface area contributed by atoms with Crippen LogP contribution in [-0.4, -0.2) is 54.6 Å². The lowest BCUT2D eigenvalue weighted by atomic mass is 9.87. The number of rotatable bonds is 8. The van der Waals surface area contributed by atoms with E-state index in [1.807, 2.05) is 36.4 Å². The zero-order chi connectivity index (χ0) is 24.8. The minimum absolute atomic E-state index is 0.0246. The molecule has 0 bridgehead atoms. The summed E-state index contributed by atoms with van der Waals surface area (Å²) in [6.45, 7) is 1.00. The van der Waals surface area contributed by atoms with Crippen LogP contribution in [0.25, 0.3) is 10.8 Å². The van der Waals surface area contributed by atoms with Crippen molar-refractivity contribution in [3.63, 3.8) is 0 Å². The number of hydrogen-bond donors (Lipinski definition) is 2. The van der Waals surface area contributed by atoms with Crippen LogP contribution in [0.4, 0.5) is 14.0 Å². The smallest absolute Gasteiger partial charge is 0.407 e. The van der Waals surface area contributed by atoms with Gasteiger partial charge in [-0.25, -0.2) is 14.0 Å². The Morgan fingerprint density at radius 3 is 2.60 bits per heavy atom. The van der Waals surface area contributed by atoms with Crippen molar-refractivity contribution in [1.29, 1.82) is 0 Å². The van der Waals surface area contributed by atoms with Gasteiger partial charge >= 0.3 is 12.2 Å². The van der Waals surface area contributed by atoms with E-state index in [1.54, 1.807) is 12.1 Å². The van der Waals surface area contributed by atoms with Crippen LogP contribution in [-0.2, 0) is 16.1 Å². The highest BCUT2D eigenvalue weighted by Gasteiger charge is 2.33. The maximum Gasteiger partial charge on any atom is 0.407 e. The first-order valence-corrected chi connectivity index (χ1v) is 11.3. The van der Waals surface area contributed by atoms with Gasteiger partial charge in [0.05, 0.1) is 19.3 Å². The number of halogens is 1. The summed E-state index contributed by atoms with van der Waals surface area (Å²) in [5, 5.41) is 11.3. The van der Waals surface area contributed by atoms with E-state index in [-0.39, 0.29) is 38.1 Å². The average molecular weight is 483 g/mol. The van der Waals surface area contributed by atoms with Gasteiger partial charge in [-0.2, -0.15) is 0 Å². The molecule has 3 aromatic rings. The van der Waals surface area contributed by atoms with E-state index < -0.39 is 18.3 Å². The molecule has 2 amide bonds. The van der Waals surface area contributed by atoms with Gasteiger partial charge in [0.2, 0.25) is 0 Å². The lowest BCUT2D eigenvalue weighted by Gasteiger charge is -2.37. The van der Waals surface area contributed by atoms with Crippen LogP contribution in [0, 0.1) is 5.82 Å². The Labute approximate surface area is 202 Å². The predicted octanol–water partition coefficient (Wildman–Crippen LogP) is 4.51. The Kier molecular flexibility index (Phi) is 7.67. The quantitative estimate of drug-likeness (QED) is 0.457. The fourth-order valence-electron chi connectivity index (χ4n) is 4.39. The van der Waals surface area contributed by atoms with Crippen LogP contribution >= 0.6 is 0 Å². The normalized spacial score (nSPS) is 17.8. The molecule has 4 rings (SSSR count). The highest BCUT2D eigenvalue weighted by atomic mass is 19.1. The Hall–Kier alpha value is -3.85. The van der Waals surface area contributed by atoms with E-state index in [9.17, 15) is 19.1 Å². The number of amides is 2. The fourth-order valence-corrected chi connectivity index (χ4v) is 4.39. The number of nitrogens with two attached hydrogens (primary N) is 1. The first-order chi connectivity index (χ1) is 16.9. The summed E-state index contributed by atoms with van der Waals surface area (Å²) in [6, 6.07) is 17.8. The zero-order valence-electron chi connectivity index (χ0n) is 19.1. The Morgan fingerprint density at radius 1 is 1.09 bits per heavy atom. The van der Waals surface area contributed by atoms with Crippen molar-refractivity contribution in [3.8, 4) is 5.75 Å². The molecule has 0 aliphatic carbocycles. The van der Waals surface area contributed by atoms with Crippen molar-refractivity contribution in [2.45, 2.75) is 25.0 Å². The molecular weight excluding hydrogens is 455 g/mol. The summed E-state index contributed by atoms with van der Waals surface area (Å²) in [6.07, 6.45) is -1.67. The van der Waals surface area contributed by atoms with Crippen molar-refractivity contribution in [1.82, 2.24) is 4.90 Å². The summed E-state index contributed by atoms with van der Waals surface area (Å²) in [7, 11) is 0. The molecule has 1 fully saturated rings. The van der Waals surface area contributed by atoms with Gasteiger partial charge < -0.3 is 30.0 Å². The molecule has 3 N–H and O–H groups in total. The first kappa shape index (κ1) is 24.3. The standard InChI is InChI=1S/C26H27FN2O6/c27-20-7-5-18(6-8-20)22-9-10-29(26(31)32)15-24(22)35-16-17-13-19-3-1-2-4-21(19)23(14-17)33-11-12-34-25(28)30/h1-8,13-14,22,24H,9-12,15-16H2,(H2,28,30)(H,31,32). The van der Waals surface area contributed by atoms with E-state index in [0.717, 1.165) is 21.9 Å². The molecule has 0 radical (unpaired) electrons. The molecule has 3 aromatic carbocycles. The third-order valence-electron chi connectivity index (χ3n) is 6.06. The van der Waals surface area contributed by atoms with Crippen LogP contribution in [0.2, 0.25) is 0 Å². The molecule has 9 heteroatoms. The van der Waals surface area contributed by atoms with Crippen molar-refractivity contribution >= 4 is 23.0 Å². The molecule has 8 nitrogen and oxygen atoms in total. The number of nitrogens with zero attached hydrogens (tertiary/aromatic N) is 1. The molecule has 2 unspecified atom stereocenters. The maximum atomic E-state index is 13.4. The highest BCUT2D eigenvalue weighted by molar-refractivity contribution is 5.89. The van der Waals surface area contributed by atoms with Gasteiger partial charge in [0.15, 0.2) is 0 Å². The lowest BCUT2D eigenvalue weighted by Crippen LogP contribution is -2.46. The minimum atomic E-state index is -0.990. The average Bonchev–Trinajstić information content (AvgIpc) is 2.85. The van der Waals surface area contributed by atoms with E-state index >= 15 is 0 Å². The number of benzene rings is 3. The van der Waals surface area contributed by atoms with Gasteiger partial charge in [-0.05, 0) is 47.2 Å². The van der Waals surface area contributed by atoms with Gasteiger partial charge in [0.25, 0.3) is 0 Å². The summed E-state index contributed by atoms with van der Waals surface area (Å²) in [5.74, 6) is 0.230. The third-order valence-corrected chi connectivity index (χ3v) is 6.06. The molecule has 1 aliphatic rings. The number of carboxylic acid groups (broad SMARTS) is 1. The number of carbonyl (C=O) groups is 2. The molecule has 1 heterocycles. The van der Waals surface area contributed by atoms with Crippen LogP contribution in [0.3, 0.4) is 0 Å². The highest BCUT2D eigenvalue weighted by Crippen LogP contribution is 2.33. The van der Waals surface area contributed by atoms with E-state index in [1.165, 1.54) is 17.0 Å². The van der Waals surface area contributed by atoms with Crippen molar-refractivity contribution in [3.05, 3.63) is 77.6 Å². The molecule has 2 atom stereocenters. The van der Waals surface area contributed by atoms with Crippen molar-refractivity contribution < 1.29 is 33.3 Å². The lowest BCUT2D eigenvalue weighted by molar-refractivity contribution is -0.0199. The van der Waals surface area contributed by atoms with Gasteiger partial charge in [-0.1, -0.05) is 36.4 Å². The molecular formula is C26H27FN2O6. The second kappa shape index (κ2) is 11.1. The van der Waals surface area contributed by atoms with E-state index in [0.29, 0.717) is 18.7 Å². The van der Waals surface area contributed by atoms with Crippen LogP contribution in [0.15, 0.2) is 60.7 Å². The second-order valence-electron chi connectivity index (χ2n) is 8.36. The molecule has 0 spiro atoms. The molecule has 1 saturated heterocycles. The van der Waals surface area contributed by atoms with Crippen LogP contribution < -0.4 is 10.5 Å². The monoisotopic (exact) mass is 482 g/mol. The maximum absolute atomic E-state index is 13.4. The number of carbonyl (C=O) groups excluding carboxylic acids is 1. The summed E-state index contributed by atoms with van der Waals surface area (Å²) in [4.78, 5) is 23.7. The van der Waals surface area contributed by atoms with Gasteiger partial charge in [0.1, 0.15) is 24.8 Å². The molecule has 184 valence electrons. The SMILES string of the molecule is NC(=O)OCCOc1cc(COC2CN(C(=O)O)CCC2c2ccc(F)cc2)cc2ccccc12. The number of piperidine rings is 1. The van der Waals surface area contributed by atoms with Crippen molar-refractivity contribution in [2.24, 2.45) is 5.73 Å². The number of primary amides is 1. The van der Waals surface area contributed by atoms with Crippen LogP contribution in [0.1, 0.15) is 23.5 Å². The molecule has 0 aromatic heterocycles. The first-order valence-electron chi connectivity index (χ1n) is 11.3. The number of hydrogen-bond acceptors (Lipinski definition) is 5. The van der Waals surface area contributed by atoms with Crippen molar-refractivity contribution in [2.75, 3.05) is 26.3 Å². The van der Waals surface area contributed by atoms with Gasteiger partial charge in [-0.15, -0.1) is 0 Å². The summed E-state index contributed by atoms with van der Waals surface area (Å²) in [5.41, 5.74) is 6.76. The molecule has 0 saturated carbocycles. The molecule has 35 heavy (non-hydrogen) atoms. The minimum Gasteiger partial charge on any atom is -0.489 e. The second-order valence-corrected chi connectivity index (χ2v) is 8.36. The Balaban J connectivity index is 1.52. The number of ether oxygens (including phenoxy) is 3. The van der Waals surface area contributed by atoms with E-state index in [2.05, 4.69) is 0 Å². The fraction of sp³-hybridized carbons (Fsp3) is 0.308. The zero-order valence-corrected chi connectivity index (χ0v) is 19.1. The van der Waals surface area contributed by atoms with Gasteiger partial charge in [0, 0.05) is 17.8 Å².